The molecule has 1 aromatic heterocycles. The third-order valence-electron chi connectivity index (χ3n) is 1.82. The topological polar surface area (TPSA) is 90.4 Å². The normalized spacial score (nSPS) is 11.9. The fraction of sp³-hybridized carbons (Fsp3) is 0.600. The van der Waals surface area contributed by atoms with E-state index in [2.05, 4.69) is 20.3 Å². The number of nitrogens with zero attached hydrogens (tertiary/aromatic N) is 2. The van der Waals surface area contributed by atoms with E-state index in [0.717, 1.165) is 0 Å². The standard InChI is InChI=1S/C10H15N3O4S2/c1-4-17-8(15)6(2)18-10-13-12-9(19-10)11-7(14)5-16-3/h6H,4-5H2,1-3H3,(H,11,12,14)/t6-/m1/s1. The second kappa shape index (κ2) is 8.08. The lowest BCUT2D eigenvalue weighted by Gasteiger charge is -2.06. The lowest BCUT2D eigenvalue weighted by Crippen LogP contribution is -2.16. The Hall–Kier alpha value is -1.19. The van der Waals surface area contributed by atoms with Crippen LogP contribution in [0, 0.1) is 0 Å². The molecule has 0 aliphatic heterocycles. The van der Waals surface area contributed by atoms with Gasteiger partial charge in [0.25, 0.3) is 5.91 Å². The van der Waals surface area contributed by atoms with Crippen LogP contribution in [0.1, 0.15) is 13.8 Å². The minimum absolute atomic E-state index is 0.0404. The first kappa shape index (κ1) is 15.9. The van der Waals surface area contributed by atoms with Gasteiger partial charge in [-0.2, -0.15) is 0 Å². The fourth-order valence-corrected chi connectivity index (χ4v) is 2.96. The number of rotatable bonds is 7. The number of ether oxygens (including phenoxy) is 2. The van der Waals surface area contributed by atoms with E-state index in [4.69, 9.17) is 4.74 Å². The van der Waals surface area contributed by atoms with E-state index >= 15 is 0 Å². The van der Waals surface area contributed by atoms with Crippen molar-refractivity contribution in [1.82, 2.24) is 10.2 Å². The number of aromatic nitrogens is 2. The van der Waals surface area contributed by atoms with Gasteiger partial charge in [0.2, 0.25) is 5.13 Å². The average Bonchev–Trinajstić information content (AvgIpc) is 2.77. The Bertz CT molecular complexity index is 438. The highest BCUT2D eigenvalue weighted by Crippen LogP contribution is 2.29. The molecule has 106 valence electrons. The van der Waals surface area contributed by atoms with Gasteiger partial charge in [-0.25, -0.2) is 0 Å². The number of carbonyl (C=O) groups is 2. The SMILES string of the molecule is CCOC(=O)[C@@H](C)Sc1nnc(NC(=O)COC)s1. The van der Waals surface area contributed by atoms with Gasteiger partial charge in [-0.3, -0.25) is 14.9 Å². The van der Waals surface area contributed by atoms with Gasteiger partial charge in [-0.1, -0.05) is 23.1 Å². The van der Waals surface area contributed by atoms with Crippen molar-refractivity contribution >= 4 is 40.1 Å². The Morgan fingerprint density at radius 1 is 1.47 bits per heavy atom. The van der Waals surface area contributed by atoms with Gasteiger partial charge in [-0.15, -0.1) is 10.2 Å². The smallest absolute Gasteiger partial charge is 0.319 e. The number of esters is 1. The molecule has 1 heterocycles. The third-order valence-corrected chi connectivity index (χ3v) is 3.83. The molecule has 0 radical (unpaired) electrons. The van der Waals surface area contributed by atoms with Crippen LogP contribution in [0.15, 0.2) is 4.34 Å². The molecule has 1 rings (SSSR count). The molecular weight excluding hydrogens is 290 g/mol. The molecular formula is C10H15N3O4S2. The lowest BCUT2D eigenvalue weighted by molar-refractivity contribution is -0.142. The summed E-state index contributed by atoms with van der Waals surface area (Å²) in [4.78, 5) is 22.7. The molecule has 1 amide bonds. The van der Waals surface area contributed by atoms with Crippen molar-refractivity contribution in [2.75, 3.05) is 25.6 Å². The molecule has 7 nitrogen and oxygen atoms in total. The summed E-state index contributed by atoms with van der Waals surface area (Å²) in [6.07, 6.45) is 0. The van der Waals surface area contributed by atoms with Crippen LogP contribution in [0.25, 0.3) is 0 Å². The van der Waals surface area contributed by atoms with Gasteiger partial charge in [0.15, 0.2) is 4.34 Å². The highest BCUT2D eigenvalue weighted by Gasteiger charge is 2.18. The highest BCUT2D eigenvalue weighted by molar-refractivity contribution is 8.02. The summed E-state index contributed by atoms with van der Waals surface area (Å²) in [5, 5.41) is 10.2. The van der Waals surface area contributed by atoms with Gasteiger partial charge in [0, 0.05) is 7.11 Å². The molecule has 0 bridgehead atoms. The number of anilines is 1. The van der Waals surface area contributed by atoms with Gasteiger partial charge < -0.3 is 9.47 Å². The fourth-order valence-electron chi connectivity index (χ4n) is 1.05. The van der Waals surface area contributed by atoms with E-state index in [-0.39, 0.29) is 23.7 Å². The summed E-state index contributed by atoms with van der Waals surface area (Å²) >= 11 is 2.44. The maximum absolute atomic E-state index is 11.4. The zero-order chi connectivity index (χ0) is 14.3. The van der Waals surface area contributed by atoms with Crippen LogP contribution in [-0.4, -0.2) is 47.6 Å². The molecule has 1 atom stereocenters. The number of carbonyl (C=O) groups excluding carboxylic acids is 2. The van der Waals surface area contributed by atoms with E-state index < -0.39 is 0 Å². The Morgan fingerprint density at radius 2 is 2.21 bits per heavy atom. The Kier molecular flexibility index (Phi) is 6.74. The molecule has 0 unspecified atom stereocenters. The first-order valence-corrected chi connectivity index (χ1v) is 7.22. The monoisotopic (exact) mass is 305 g/mol. The number of hydrogen-bond acceptors (Lipinski definition) is 8. The molecule has 1 aromatic rings. The van der Waals surface area contributed by atoms with Crippen molar-refractivity contribution in [3.63, 3.8) is 0 Å². The van der Waals surface area contributed by atoms with Gasteiger partial charge in [0.1, 0.15) is 11.9 Å². The quantitative estimate of drug-likeness (QED) is 0.459. The maximum Gasteiger partial charge on any atom is 0.319 e. The summed E-state index contributed by atoms with van der Waals surface area (Å²) in [5.74, 6) is -0.596. The van der Waals surface area contributed by atoms with Gasteiger partial charge in [0.05, 0.1) is 6.61 Å². The van der Waals surface area contributed by atoms with Crippen LogP contribution < -0.4 is 5.32 Å². The van der Waals surface area contributed by atoms with Crippen LogP contribution >= 0.6 is 23.1 Å². The largest absolute Gasteiger partial charge is 0.465 e. The zero-order valence-electron chi connectivity index (χ0n) is 10.8. The summed E-state index contributed by atoms with van der Waals surface area (Å²) < 4.78 is 10.2. The molecule has 0 aliphatic carbocycles. The summed E-state index contributed by atoms with van der Waals surface area (Å²) in [6, 6.07) is 0. The summed E-state index contributed by atoms with van der Waals surface area (Å²) in [7, 11) is 1.43. The predicted octanol–water partition coefficient (Wildman–Crippen LogP) is 1.17. The lowest BCUT2D eigenvalue weighted by atomic mass is 10.5. The van der Waals surface area contributed by atoms with Gasteiger partial charge >= 0.3 is 5.97 Å². The van der Waals surface area contributed by atoms with Crippen molar-refractivity contribution in [2.45, 2.75) is 23.4 Å². The number of thioether (sulfide) groups is 1. The number of hydrogen-bond donors (Lipinski definition) is 1. The van der Waals surface area contributed by atoms with Gasteiger partial charge in [-0.05, 0) is 13.8 Å². The van der Waals surface area contributed by atoms with Crippen molar-refractivity contribution in [3.05, 3.63) is 0 Å². The Balaban J connectivity index is 2.50. The Morgan fingerprint density at radius 3 is 2.84 bits per heavy atom. The highest BCUT2D eigenvalue weighted by atomic mass is 32.2. The first-order valence-electron chi connectivity index (χ1n) is 5.52. The third kappa shape index (κ3) is 5.53. The zero-order valence-corrected chi connectivity index (χ0v) is 12.5. The van der Waals surface area contributed by atoms with Crippen LogP contribution in [-0.2, 0) is 19.1 Å². The van der Waals surface area contributed by atoms with Crippen LogP contribution in [0.2, 0.25) is 0 Å². The Labute approximate surface area is 119 Å². The molecule has 1 N–H and O–H groups in total. The molecule has 0 aromatic carbocycles. The average molecular weight is 305 g/mol. The van der Waals surface area contributed by atoms with E-state index in [1.54, 1.807) is 13.8 Å². The second-order valence-corrected chi connectivity index (χ2v) is 5.93. The molecule has 0 saturated heterocycles. The van der Waals surface area contributed by atoms with Crippen molar-refractivity contribution in [3.8, 4) is 0 Å². The minimum Gasteiger partial charge on any atom is -0.465 e. The van der Waals surface area contributed by atoms with Crippen LogP contribution in [0.3, 0.4) is 0 Å². The summed E-state index contributed by atoms with van der Waals surface area (Å²) in [6.45, 7) is 3.79. The second-order valence-electron chi connectivity index (χ2n) is 3.37. The van der Waals surface area contributed by atoms with E-state index in [1.807, 2.05) is 0 Å². The number of methoxy groups -OCH3 is 1. The van der Waals surface area contributed by atoms with Crippen LogP contribution in [0.4, 0.5) is 5.13 Å². The first-order chi connectivity index (χ1) is 9.06. The van der Waals surface area contributed by atoms with Crippen molar-refractivity contribution in [1.29, 1.82) is 0 Å². The van der Waals surface area contributed by atoms with Crippen LogP contribution in [0.5, 0.6) is 0 Å². The number of amides is 1. The van der Waals surface area contributed by atoms with E-state index in [0.29, 0.717) is 16.1 Å². The van der Waals surface area contributed by atoms with E-state index in [9.17, 15) is 9.59 Å². The molecule has 0 fully saturated rings. The predicted molar refractivity (Wildman–Crippen MR) is 72.4 cm³/mol. The molecule has 0 saturated carbocycles. The molecule has 9 heteroatoms. The van der Waals surface area contributed by atoms with Crippen molar-refractivity contribution in [2.24, 2.45) is 0 Å². The van der Waals surface area contributed by atoms with Crippen molar-refractivity contribution < 1.29 is 19.1 Å². The maximum atomic E-state index is 11.4. The molecule has 0 spiro atoms. The summed E-state index contributed by atoms with van der Waals surface area (Å²) in [5.41, 5.74) is 0. The number of nitrogens with one attached hydrogen (secondary N) is 1. The minimum atomic E-state index is -0.365. The molecule has 0 aliphatic rings. The van der Waals surface area contributed by atoms with E-state index in [1.165, 1.54) is 30.2 Å². The molecule has 19 heavy (non-hydrogen) atoms.